The molecule has 0 atom stereocenters. The van der Waals surface area contributed by atoms with Crippen LogP contribution >= 0.6 is 0 Å². The van der Waals surface area contributed by atoms with Crippen molar-refractivity contribution < 1.29 is 8.42 Å². The third-order valence-electron chi connectivity index (χ3n) is 2.38. The molecule has 18 heavy (non-hydrogen) atoms. The number of aromatic nitrogens is 5. The highest BCUT2D eigenvalue weighted by atomic mass is 32.2. The van der Waals surface area contributed by atoms with Crippen LogP contribution in [-0.2, 0) is 17.1 Å². The molecule has 0 radical (unpaired) electrons. The number of hydrogen-bond acceptors (Lipinski definition) is 5. The van der Waals surface area contributed by atoms with Gasteiger partial charge in [0.05, 0.1) is 0 Å². The fraction of sp³-hybridized carbons (Fsp3) is 0.444. The van der Waals surface area contributed by atoms with Gasteiger partial charge in [-0.3, -0.25) is 9.25 Å². The molecular formula is C9H14N6O2S. The van der Waals surface area contributed by atoms with Gasteiger partial charge in [0.1, 0.15) is 5.69 Å². The molecule has 0 aliphatic carbocycles. The van der Waals surface area contributed by atoms with Gasteiger partial charge in [-0.05, 0) is 19.9 Å². The number of rotatable bonds is 3. The first-order valence-electron chi connectivity index (χ1n) is 5.28. The van der Waals surface area contributed by atoms with Gasteiger partial charge in [-0.2, -0.15) is 5.10 Å². The summed E-state index contributed by atoms with van der Waals surface area (Å²) in [6, 6.07) is 1.58. The van der Waals surface area contributed by atoms with Crippen molar-refractivity contribution in [1.29, 1.82) is 0 Å². The predicted molar refractivity (Wildman–Crippen MR) is 64.0 cm³/mol. The van der Waals surface area contributed by atoms with Crippen LogP contribution in [0.15, 0.2) is 17.4 Å². The zero-order valence-electron chi connectivity index (χ0n) is 10.3. The van der Waals surface area contributed by atoms with Crippen LogP contribution in [0.1, 0.15) is 19.9 Å². The van der Waals surface area contributed by atoms with Crippen molar-refractivity contribution in [3.63, 3.8) is 0 Å². The van der Waals surface area contributed by atoms with E-state index in [9.17, 15) is 8.42 Å². The summed E-state index contributed by atoms with van der Waals surface area (Å²) in [5.74, 6) is 0.384. The first kappa shape index (κ1) is 12.7. The maximum Gasteiger partial charge on any atom is 0.273 e. The minimum atomic E-state index is -3.90. The molecule has 98 valence electrons. The largest absolute Gasteiger partial charge is 0.293 e. The lowest BCUT2D eigenvalue weighted by molar-refractivity contribution is 0.524. The van der Waals surface area contributed by atoms with E-state index in [1.807, 2.05) is 13.8 Å². The molecule has 0 saturated carbocycles. The quantitative estimate of drug-likeness (QED) is 0.838. The average Bonchev–Trinajstić information content (AvgIpc) is 2.80. The van der Waals surface area contributed by atoms with E-state index in [0.717, 1.165) is 0 Å². The second-order valence-electron chi connectivity index (χ2n) is 4.19. The van der Waals surface area contributed by atoms with Crippen LogP contribution in [0.4, 0.5) is 0 Å². The molecule has 0 saturated heterocycles. The molecule has 0 aliphatic heterocycles. The molecule has 2 aromatic heterocycles. The molecule has 0 bridgehead atoms. The summed E-state index contributed by atoms with van der Waals surface area (Å²) in [5.41, 5.74) is 0.550. The van der Waals surface area contributed by atoms with Crippen LogP contribution in [0.3, 0.4) is 0 Å². The first-order valence-corrected chi connectivity index (χ1v) is 6.83. The number of nitrogens with two attached hydrogens (primary N) is 1. The molecule has 2 rings (SSSR count). The fourth-order valence-corrected chi connectivity index (χ4v) is 2.37. The monoisotopic (exact) mass is 270 g/mol. The SMILES string of the molecule is CC(C)n1c(-c2ccn(C)n2)nnc1S(N)(=O)=O. The van der Waals surface area contributed by atoms with Gasteiger partial charge in [-0.15, -0.1) is 10.2 Å². The molecule has 2 heterocycles. The minimum Gasteiger partial charge on any atom is -0.293 e. The van der Waals surface area contributed by atoms with E-state index in [1.165, 1.54) is 4.57 Å². The van der Waals surface area contributed by atoms with Gasteiger partial charge in [-0.25, -0.2) is 13.6 Å². The molecular weight excluding hydrogens is 256 g/mol. The summed E-state index contributed by atoms with van der Waals surface area (Å²) < 4.78 is 25.9. The molecule has 2 aromatic rings. The molecule has 0 fully saturated rings. The van der Waals surface area contributed by atoms with Gasteiger partial charge < -0.3 is 0 Å². The molecule has 0 unspecified atom stereocenters. The van der Waals surface area contributed by atoms with Crippen molar-refractivity contribution in [2.75, 3.05) is 0 Å². The zero-order chi connectivity index (χ0) is 13.5. The summed E-state index contributed by atoms with van der Waals surface area (Å²) in [7, 11) is -2.14. The highest BCUT2D eigenvalue weighted by Gasteiger charge is 2.24. The lowest BCUT2D eigenvalue weighted by Crippen LogP contribution is -2.20. The Morgan fingerprint density at radius 3 is 2.44 bits per heavy atom. The molecule has 9 heteroatoms. The fourth-order valence-electron chi connectivity index (χ4n) is 1.65. The number of aryl methyl sites for hydroxylation is 1. The van der Waals surface area contributed by atoms with Crippen LogP contribution in [-0.4, -0.2) is 33.0 Å². The Morgan fingerprint density at radius 1 is 1.33 bits per heavy atom. The Hall–Kier alpha value is -1.74. The van der Waals surface area contributed by atoms with Gasteiger partial charge >= 0.3 is 0 Å². The van der Waals surface area contributed by atoms with E-state index in [1.54, 1.807) is 24.0 Å². The topological polar surface area (TPSA) is 109 Å². The van der Waals surface area contributed by atoms with Crippen molar-refractivity contribution in [2.24, 2.45) is 12.2 Å². The maximum atomic E-state index is 11.4. The summed E-state index contributed by atoms with van der Waals surface area (Å²) in [4.78, 5) is 0. The van der Waals surface area contributed by atoms with Gasteiger partial charge in [0.15, 0.2) is 5.82 Å². The van der Waals surface area contributed by atoms with Crippen LogP contribution in [0, 0.1) is 0 Å². The summed E-state index contributed by atoms with van der Waals surface area (Å²) in [6.45, 7) is 3.65. The lowest BCUT2D eigenvalue weighted by atomic mass is 10.3. The molecule has 0 aliphatic rings. The van der Waals surface area contributed by atoms with E-state index in [4.69, 9.17) is 5.14 Å². The van der Waals surface area contributed by atoms with Crippen molar-refractivity contribution in [1.82, 2.24) is 24.5 Å². The van der Waals surface area contributed by atoms with Gasteiger partial charge in [0, 0.05) is 19.3 Å². The Kier molecular flexibility index (Phi) is 2.95. The van der Waals surface area contributed by atoms with E-state index in [-0.39, 0.29) is 11.2 Å². The van der Waals surface area contributed by atoms with Crippen LogP contribution < -0.4 is 5.14 Å². The highest BCUT2D eigenvalue weighted by Crippen LogP contribution is 2.22. The van der Waals surface area contributed by atoms with Crippen molar-refractivity contribution >= 4 is 10.0 Å². The van der Waals surface area contributed by atoms with E-state index in [2.05, 4.69) is 15.3 Å². The first-order chi connectivity index (χ1) is 8.30. The zero-order valence-corrected chi connectivity index (χ0v) is 11.1. The minimum absolute atomic E-state index is 0.148. The Balaban J connectivity index is 2.67. The number of nitrogens with zero attached hydrogens (tertiary/aromatic N) is 5. The normalized spacial score (nSPS) is 12.3. The third-order valence-corrected chi connectivity index (χ3v) is 3.17. The van der Waals surface area contributed by atoms with E-state index >= 15 is 0 Å². The Morgan fingerprint density at radius 2 is 2.00 bits per heavy atom. The van der Waals surface area contributed by atoms with Crippen molar-refractivity contribution in [3.8, 4) is 11.5 Å². The Bertz CT molecular complexity index is 669. The smallest absolute Gasteiger partial charge is 0.273 e. The molecule has 2 N–H and O–H groups in total. The standard InChI is InChI=1S/C9H14N6O2S/c1-6(2)15-8(7-4-5-14(3)13-7)11-12-9(15)18(10,16)17/h4-6H,1-3H3,(H2,10,16,17). The molecule has 0 amide bonds. The van der Waals surface area contributed by atoms with Crippen molar-refractivity contribution in [2.45, 2.75) is 25.0 Å². The van der Waals surface area contributed by atoms with Crippen molar-refractivity contribution in [3.05, 3.63) is 12.3 Å². The molecule has 8 nitrogen and oxygen atoms in total. The predicted octanol–water partition coefficient (Wildman–Crippen LogP) is -0.0931. The van der Waals surface area contributed by atoms with E-state index < -0.39 is 10.0 Å². The van der Waals surface area contributed by atoms with Gasteiger partial charge in [-0.1, -0.05) is 0 Å². The highest BCUT2D eigenvalue weighted by molar-refractivity contribution is 7.89. The van der Waals surface area contributed by atoms with Crippen LogP contribution in [0.5, 0.6) is 0 Å². The molecule has 0 spiro atoms. The van der Waals surface area contributed by atoms with E-state index in [0.29, 0.717) is 11.5 Å². The second-order valence-corrected chi connectivity index (χ2v) is 5.64. The van der Waals surface area contributed by atoms with Gasteiger partial charge in [0.2, 0.25) is 0 Å². The summed E-state index contributed by atoms with van der Waals surface area (Å²) in [5, 5.41) is 16.6. The third kappa shape index (κ3) is 2.14. The molecule has 0 aromatic carbocycles. The number of sulfonamides is 1. The van der Waals surface area contributed by atoms with Gasteiger partial charge in [0.25, 0.3) is 15.2 Å². The summed E-state index contributed by atoms with van der Waals surface area (Å²) in [6.07, 6.45) is 1.74. The van der Waals surface area contributed by atoms with Crippen LogP contribution in [0.25, 0.3) is 11.5 Å². The Labute approximate surface area is 104 Å². The lowest BCUT2D eigenvalue weighted by Gasteiger charge is -2.11. The maximum absolute atomic E-state index is 11.4. The van der Waals surface area contributed by atoms with Crippen LogP contribution in [0.2, 0.25) is 0 Å². The number of primary sulfonamides is 1. The average molecular weight is 270 g/mol. The second kappa shape index (κ2) is 4.18. The summed E-state index contributed by atoms with van der Waals surface area (Å²) >= 11 is 0. The number of hydrogen-bond donors (Lipinski definition) is 1.